The minimum Gasteiger partial charge on any atom is -0.460 e. The first-order valence-corrected chi connectivity index (χ1v) is 6.96. The summed E-state index contributed by atoms with van der Waals surface area (Å²) in [6, 6.07) is 0. The summed E-state index contributed by atoms with van der Waals surface area (Å²) >= 11 is 0. The van der Waals surface area contributed by atoms with E-state index < -0.39 is 54.6 Å². The van der Waals surface area contributed by atoms with Gasteiger partial charge in [-0.15, -0.1) is 0 Å². The molecule has 0 aromatic heterocycles. The zero-order valence-corrected chi connectivity index (χ0v) is 13.6. The van der Waals surface area contributed by atoms with E-state index in [9.17, 15) is 19.2 Å². The monoisotopic (exact) mass is 332 g/mol. The number of ether oxygens (including phenoxy) is 5. The topological polar surface area (TPSA) is 114 Å². The Morgan fingerprint density at radius 2 is 1.26 bits per heavy atom. The van der Waals surface area contributed by atoms with Crippen molar-refractivity contribution in [3.8, 4) is 0 Å². The summed E-state index contributed by atoms with van der Waals surface area (Å²) in [5.41, 5.74) is 0. The predicted molar refractivity (Wildman–Crippen MR) is 72.8 cm³/mol. The minimum absolute atomic E-state index is 0.567. The van der Waals surface area contributed by atoms with Crippen LogP contribution in [0.4, 0.5) is 0 Å². The van der Waals surface area contributed by atoms with Crippen molar-refractivity contribution in [2.45, 2.75) is 65.3 Å². The average molecular weight is 332 g/mol. The maximum Gasteiger partial charge on any atom is 0.305 e. The molecular weight excluding hydrogens is 312 g/mol. The highest BCUT2D eigenvalue weighted by molar-refractivity contribution is 5.68. The van der Waals surface area contributed by atoms with Crippen molar-refractivity contribution >= 4 is 23.9 Å². The van der Waals surface area contributed by atoms with E-state index >= 15 is 0 Å². The molecule has 1 fully saturated rings. The number of hydrogen-bond donors (Lipinski definition) is 0. The third-order valence-corrected chi connectivity index (χ3v) is 2.91. The average Bonchev–Trinajstić information content (AvgIpc) is 2.65. The molecule has 1 heterocycles. The van der Waals surface area contributed by atoms with Gasteiger partial charge in [-0.1, -0.05) is 0 Å². The molecular formula is C14H20O9. The maximum atomic E-state index is 11.3. The Morgan fingerprint density at radius 1 is 0.783 bits per heavy atom. The Kier molecular flexibility index (Phi) is 6.49. The quantitative estimate of drug-likeness (QED) is 0.510. The molecule has 1 rings (SSSR count). The van der Waals surface area contributed by atoms with Crippen LogP contribution in [0.1, 0.15) is 34.6 Å². The molecule has 9 nitrogen and oxygen atoms in total. The first kappa shape index (κ1) is 18.9. The second-order valence-corrected chi connectivity index (χ2v) is 5.04. The fourth-order valence-corrected chi connectivity index (χ4v) is 2.26. The zero-order valence-electron chi connectivity index (χ0n) is 13.6. The molecule has 5 atom stereocenters. The fourth-order valence-electron chi connectivity index (χ4n) is 2.26. The van der Waals surface area contributed by atoms with Crippen LogP contribution >= 0.6 is 0 Å². The van der Waals surface area contributed by atoms with Gasteiger partial charge in [-0.25, -0.2) is 0 Å². The van der Waals surface area contributed by atoms with Crippen LogP contribution in [0.3, 0.4) is 0 Å². The van der Waals surface area contributed by atoms with Gasteiger partial charge < -0.3 is 23.7 Å². The summed E-state index contributed by atoms with van der Waals surface area (Å²) in [6.45, 7) is 6.19. The van der Waals surface area contributed by atoms with Crippen molar-refractivity contribution in [3.05, 3.63) is 0 Å². The van der Waals surface area contributed by atoms with Gasteiger partial charge in [-0.3, -0.25) is 19.2 Å². The largest absolute Gasteiger partial charge is 0.460 e. The molecule has 0 N–H and O–H groups in total. The van der Waals surface area contributed by atoms with Crippen molar-refractivity contribution < 1.29 is 42.9 Å². The van der Waals surface area contributed by atoms with Gasteiger partial charge in [0, 0.05) is 27.7 Å². The molecule has 0 bridgehead atoms. The fraction of sp³-hybridized carbons (Fsp3) is 0.714. The SMILES string of the molecule is CC(=O)OC1O[C@H]([C@H](C)OC(C)=O)[C@@H](OC(C)=O)[C@@H]1OC(C)=O. The van der Waals surface area contributed by atoms with Crippen LogP contribution in [0, 0.1) is 0 Å². The van der Waals surface area contributed by atoms with E-state index in [1.165, 1.54) is 13.8 Å². The van der Waals surface area contributed by atoms with Gasteiger partial charge in [0.25, 0.3) is 0 Å². The standard InChI is InChI=1S/C14H20O9/c1-6(19-7(2)15)11-12(20-8(3)16)13(21-9(4)17)14(23-11)22-10(5)18/h6,11-14H,1-5H3/t6-,11+,12+,13-,14?/m0/s1. The Labute approximate surface area is 133 Å². The molecule has 1 aliphatic rings. The van der Waals surface area contributed by atoms with E-state index in [0.717, 1.165) is 20.8 Å². The lowest BCUT2D eigenvalue weighted by molar-refractivity contribution is -0.200. The van der Waals surface area contributed by atoms with Gasteiger partial charge in [0.05, 0.1) is 0 Å². The second kappa shape index (κ2) is 7.91. The number of carbonyl (C=O) groups is 4. The Hall–Kier alpha value is -2.16. The van der Waals surface area contributed by atoms with Gasteiger partial charge in [0.2, 0.25) is 12.4 Å². The van der Waals surface area contributed by atoms with Crippen LogP contribution in [0.5, 0.6) is 0 Å². The highest BCUT2D eigenvalue weighted by Crippen LogP contribution is 2.31. The lowest BCUT2D eigenvalue weighted by Crippen LogP contribution is -2.44. The van der Waals surface area contributed by atoms with Crippen LogP contribution in [0.2, 0.25) is 0 Å². The summed E-state index contributed by atoms with van der Waals surface area (Å²) in [5.74, 6) is -2.56. The van der Waals surface area contributed by atoms with Crippen molar-refractivity contribution in [3.63, 3.8) is 0 Å². The summed E-state index contributed by atoms with van der Waals surface area (Å²) in [4.78, 5) is 44.9. The lowest BCUT2D eigenvalue weighted by Gasteiger charge is -2.25. The van der Waals surface area contributed by atoms with Crippen LogP contribution in [0.25, 0.3) is 0 Å². The molecule has 0 saturated carbocycles. The molecule has 0 aromatic rings. The van der Waals surface area contributed by atoms with Crippen molar-refractivity contribution in [1.29, 1.82) is 0 Å². The van der Waals surface area contributed by atoms with Crippen molar-refractivity contribution in [1.82, 2.24) is 0 Å². The van der Waals surface area contributed by atoms with Crippen LogP contribution in [-0.4, -0.2) is 54.6 Å². The second-order valence-electron chi connectivity index (χ2n) is 5.04. The van der Waals surface area contributed by atoms with E-state index in [2.05, 4.69) is 0 Å². The summed E-state index contributed by atoms with van der Waals surface area (Å²) in [7, 11) is 0. The Balaban J connectivity index is 3.06. The highest BCUT2D eigenvalue weighted by atomic mass is 16.8. The molecule has 0 amide bonds. The molecule has 9 heteroatoms. The lowest BCUT2D eigenvalue weighted by atomic mass is 10.1. The van der Waals surface area contributed by atoms with E-state index in [-0.39, 0.29) is 0 Å². The third kappa shape index (κ3) is 5.51. The first-order chi connectivity index (χ1) is 10.6. The normalized spacial score (nSPS) is 27.7. The molecule has 0 spiro atoms. The van der Waals surface area contributed by atoms with Gasteiger partial charge in [0.1, 0.15) is 12.2 Å². The van der Waals surface area contributed by atoms with E-state index in [1.54, 1.807) is 0 Å². The smallest absolute Gasteiger partial charge is 0.305 e. The van der Waals surface area contributed by atoms with E-state index in [0.29, 0.717) is 0 Å². The van der Waals surface area contributed by atoms with Crippen LogP contribution in [0.15, 0.2) is 0 Å². The molecule has 1 aliphatic heterocycles. The predicted octanol–water partition coefficient (Wildman–Crippen LogP) is 0.0894. The molecule has 0 radical (unpaired) electrons. The van der Waals surface area contributed by atoms with Crippen LogP contribution < -0.4 is 0 Å². The highest BCUT2D eigenvalue weighted by Gasteiger charge is 2.53. The Bertz CT molecular complexity index is 487. The van der Waals surface area contributed by atoms with Gasteiger partial charge in [-0.2, -0.15) is 0 Å². The first-order valence-electron chi connectivity index (χ1n) is 6.96. The number of esters is 4. The molecule has 0 aromatic carbocycles. The third-order valence-electron chi connectivity index (χ3n) is 2.91. The summed E-state index contributed by atoms with van der Waals surface area (Å²) in [5, 5.41) is 0. The zero-order chi connectivity index (χ0) is 17.7. The van der Waals surface area contributed by atoms with Crippen molar-refractivity contribution in [2.75, 3.05) is 0 Å². The summed E-state index contributed by atoms with van der Waals surface area (Å²) in [6.07, 6.45) is -5.31. The van der Waals surface area contributed by atoms with Crippen LogP contribution in [-0.2, 0) is 42.9 Å². The molecule has 1 saturated heterocycles. The van der Waals surface area contributed by atoms with E-state index in [1.807, 2.05) is 0 Å². The van der Waals surface area contributed by atoms with Gasteiger partial charge in [-0.05, 0) is 6.92 Å². The molecule has 130 valence electrons. The molecule has 0 aliphatic carbocycles. The maximum absolute atomic E-state index is 11.3. The summed E-state index contributed by atoms with van der Waals surface area (Å²) < 4.78 is 25.6. The number of carbonyl (C=O) groups excluding carboxylic acids is 4. The Morgan fingerprint density at radius 3 is 1.70 bits per heavy atom. The number of hydrogen-bond acceptors (Lipinski definition) is 9. The van der Waals surface area contributed by atoms with Gasteiger partial charge in [0.15, 0.2) is 6.10 Å². The minimum atomic E-state index is -1.27. The van der Waals surface area contributed by atoms with Gasteiger partial charge >= 0.3 is 23.9 Å². The number of rotatable bonds is 5. The molecule has 1 unspecified atom stereocenters. The molecule has 23 heavy (non-hydrogen) atoms. The van der Waals surface area contributed by atoms with Crippen molar-refractivity contribution in [2.24, 2.45) is 0 Å². The van der Waals surface area contributed by atoms with E-state index in [4.69, 9.17) is 23.7 Å².